The van der Waals surface area contributed by atoms with Gasteiger partial charge < -0.3 is 5.73 Å². The topological polar surface area (TPSA) is 29.3 Å². The van der Waals surface area contributed by atoms with E-state index in [-0.39, 0.29) is 0 Å². The van der Waals surface area contributed by atoms with Crippen molar-refractivity contribution in [1.82, 2.24) is 3.11 Å². The molecule has 1 heterocycles. The van der Waals surface area contributed by atoms with E-state index in [0.29, 0.717) is 6.04 Å². The first-order valence-corrected chi connectivity index (χ1v) is 4.42. The summed E-state index contributed by atoms with van der Waals surface area (Å²) in [6, 6.07) is 0.463. The van der Waals surface area contributed by atoms with Crippen molar-refractivity contribution in [2.45, 2.75) is 25.3 Å². The minimum atomic E-state index is 0.463. The lowest BCUT2D eigenvalue weighted by molar-refractivity contribution is 0.522. The molecule has 0 aromatic rings. The van der Waals surface area contributed by atoms with E-state index >= 15 is 0 Å². The maximum absolute atomic E-state index is 5.77. The minimum Gasteiger partial charge on any atom is -0.328 e. The van der Waals surface area contributed by atoms with Gasteiger partial charge >= 0.3 is 0 Å². The van der Waals surface area contributed by atoms with Gasteiger partial charge in [0.1, 0.15) is 0 Å². The van der Waals surface area contributed by atoms with Gasteiger partial charge in [-0.25, -0.2) is 3.11 Å². The van der Waals surface area contributed by atoms with Crippen molar-refractivity contribution in [1.29, 1.82) is 0 Å². The molecular formula is C6H13IN2. The fourth-order valence-corrected chi connectivity index (χ4v) is 1.71. The largest absolute Gasteiger partial charge is 0.328 e. The molecule has 0 radical (unpaired) electrons. The molecular weight excluding hydrogens is 227 g/mol. The molecule has 1 aliphatic rings. The molecule has 1 saturated heterocycles. The van der Waals surface area contributed by atoms with Gasteiger partial charge in [-0.15, -0.1) is 0 Å². The summed E-state index contributed by atoms with van der Waals surface area (Å²) in [7, 11) is 0. The van der Waals surface area contributed by atoms with Crippen molar-refractivity contribution in [3.05, 3.63) is 0 Å². The van der Waals surface area contributed by atoms with Crippen LogP contribution in [0.25, 0.3) is 0 Å². The number of rotatable bonds is 0. The molecule has 1 unspecified atom stereocenters. The maximum atomic E-state index is 5.77. The molecule has 9 heavy (non-hydrogen) atoms. The Morgan fingerprint density at radius 1 is 1.33 bits per heavy atom. The molecule has 1 rings (SSSR count). The van der Waals surface area contributed by atoms with Crippen LogP contribution in [0, 0.1) is 0 Å². The molecule has 2 N–H and O–H groups in total. The predicted molar refractivity (Wildman–Crippen MR) is 47.4 cm³/mol. The van der Waals surface area contributed by atoms with E-state index in [0.717, 1.165) is 0 Å². The average Bonchev–Trinajstić information content (AvgIpc) is 1.97. The second-order valence-corrected chi connectivity index (χ2v) is 3.97. The van der Waals surface area contributed by atoms with Gasteiger partial charge in [0.15, 0.2) is 0 Å². The smallest absolute Gasteiger partial charge is 0.0201 e. The monoisotopic (exact) mass is 240 g/mol. The van der Waals surface area contributed by atoms with E-state index < -0.39 is 0 Å². The molecule has 0 aromatic carbocycles. The molecule has 0 amide bonds. The molecule has 1 atom stereocenters. The Hall–Kier alpha value is 0.650. The molecule has 3 heteroatoms. The summed E-state index contributed by atoms with van der Waals surface area (Å²) in [6.07, 6.45) is 3.65. The minimum absolute atomic E-state index is 0.463. The predicted octanol–water partition coefficient (Wildman–Crippen LogP) is 1.15. The molecule has 1 aliphatic heterocycles. The number of hydrogen-bond donors (Lipinski definition) is 1. The maximum Gasteiger partial charge on any atom is 0.0201 e. The van der Waals surface area contributed by atoms with Crippen LogP contribution in [-0.2, 0) is 0 Å². The molecule has 0 aromatic heterocycles. The zero-order valence-corrected chi connectivity index (χ0v) is 7.67. The molecule has 1 fully saturated rings. The zero-order chi connectivity index (χ0) is 6.69. The molecule has 0 bridgehead atoms. The van der Waals surface area contributed by atoms with Gasteiger partial charge in [0.25, 0.3) is 0 Å². The van der Waals surface area contributed by atoms with Crippen molar-refractivity contribution in [3.63, 3.8) is 0 Å². The van der Waals surface area contributed by atoms with Gasteiger partial charge in [-0.3, -0.25) is 0 Å². The fraction of sp³-hybridized carbons (Fsp3) is 1.00. The summed E-state index contributed by atoms with van der Waals surface area (Å²) in [6.45, 7) is 2.38. The van der Waals surface area contributed by atoms with Crippen LogP contribution in [0.2, 0.25) is 0 Å². The van der Waals surface area contributed by atoms with E-state index in [4.69, 9.17) is 5.73 Å². The Morgan fingerprint density at radius 2 is 2.11 bits per heavy atom. The number of halogens is 1. The van der Waals surface area contributed by atoms with E-state index in [9.17, 15) is 0 Å². The Labute approximate surface area is 70.3 Å². The first-order valence-electron chi connectivity index (χ1n) is 3.45. The fourth-order valence-electron chi connectivity index (χ4n) is 1.09. The van der Waals surface area contributed by atoms with Gasteiger partial charge in [-0.2, -0.15) is 0 Å². The van der Waals surface area contributed by atoms with Gasteiger partial charge in [0, 0.05) is 42.0 Å². The highest BCUT2D eigenvalue weighted by Crippen LogP contribution is 2.11. The molecule has 54 valence electrons. The molecule has 0 saturated carbocycles. The second kappa shape index (κ2) is 3.73. The van der Waals surface area contributed by atoms with E-state index in [1.165, 1.54) is 32.4 Å². The quantitative estimate of drug-likeness (QED) is 0.508. The van der Waals surface area contributed by atoms with Gasteiger partial charge in [0.05, 0.1) is 0 Å². The van der Waals surface area contributed by atoms with Crippen molar-refractivity contribution in [2.24, 2.45) is 5.73 Å². The Balaban J connectivity index is 2.25. The van der Waals surface area contributed by atoms with Crippen LogP contribution in [-0.4, -0.2) is 22.2 Å². The molecule has 2 nitrogen and oxygen atoms in total. The van der Waals surface area contributed by atoms with Gasteiger partial charge in [0.2, 0.25) is 0 Å². The van der Waals surface area contributed by atoms with Crippen LogP contribution in [0.5, 0.6) is 0 Å². The highest BCUT2D eigenvalue weighted by atomic mass is 127. The number of hydrogen-bond acceptors (Lipinski definition) is 2. The summed E-state index contributed by atoms with van der Waals surface area (Å²) in [4.78, 5) is 0. The van der Waals surface area contributed by atoms with Crippen LogP contribution in [0.15, 0.2) is 0 Å². The van der Waals surface area contributed by atoms with Crippen LogP contribution in [0.4, 0.5) is 0 Å². The lowest BCUT2D eigenvalue weighted by Crippen LogP contribution is -2.20. The average molecular weight is 240 g/mol. The highest BCUT2D eigenvalue weighted by Gasteiger charge is 2.10. The Bertz CT molecular complexity index is 77.1. The SMILES string of the molecule is NC1CCCN(I)CC1. The second-order valence-electron chi connectivity index (χ2n) is 2.60. The van der Waals surface area contributed by atoms with Crippen molar-refractivity contribution in [2.75, 3.05) is 13.1 Å². The molecule has 0 spiro atoms. The number of nitrogens with two attached hydrogens (primary N) is 1. The first kappa shape index (κ1) is 7.75. The van der Waals surface area contributed by atoms with Crippen molar-refractivity contribution >= 4 is 22.9 Å². The summed E-state index contributed by atoms with van der Waals surface area (Å²) >= 11 is 2.37. The summed E-state index contributed by atoms with van der Waals surface area (Å²) in [5.74, 6) is 0. The van der Waals surface area contributed by atoms with Gasteiger partial charge in [-0.05, 0) is 19.3 Å². The third-order valence-electron chi connectivity index (χ3n) is 1.72. The Morgan fingerprint density at radius 3 is 2.89 bits per heavy atom. The third kappa shape index (κ3) is 2.82. The van der Waals surface area contributed by atoms with Gasteiger partial charge in [-0.1, -0.05) is 0 Å². The van der Waals surface area contributed by atoms with E-state index in [1.54, 1.807) is 0 Å². The first-order chi connectivity index (χ1) is 4.29. The normalized spacial score (nSPS) is 32.0. The van der Waals surface area contributed by atoms with Crippen molar-refractivity contribution < 1.29 is 0 Å². The number of nitrogens with zero attached hydrogens (tertiary/aromatic N) is 1. The van der Waals surface area contributed by atoms with Crippen LogP contribution < -0.4 is 5.73 Å². The summed E-state index contributed by atoms with van der Waals surface area (Å²) < 4.78 is 2.32. The summed E-state index contributed by atoms with van der Waals surface area (Å²) in [5.41, 5.74) is 5.77. The van der Waals surface area contributed by atoms with E-state index in [2.05, 4.69) is 26.0 Å². The Kier molecular flexibility index (Phi) is 3.21. The van der Waals surface area contributed by atoms with Crippen LogP contribution in [0.3, 0.4) is 0 Å². The van der Waals surface area contributed by atoms with Crippen LogP contribution >= 0.6 is 22.9 Å². The lowest BCUT2D eigenvalue weighted by Gasteiger charge is -2.08. The summed E-state index contributed by atoms with van der Waals surface area (Å²) in [5, 5.41) is 0. The standard InChI is InChI=1S/C6H13IN2/c7-9-4-1-2-6(8)3-5-9/h6H,1-5,8H2. The lowest BCUT2D eigenvalue weighted by atomic mass is 10.1. The molecule has 0 aliphatic carbocycles. The third-order valence-corrected chi connectivity index (χ3v) is 2.68. The zero-order valence-electron chi connectivity index (χ0n) is 5.52. The van der Waals surface area contributed by atoms with Crippen molar-refractivity contribution in [3.8, 4) is 0 Å². The highest BCUT2D eigenvalue weighted by molar-refractivity contribution is 14.1. The van der Waals surface area contributed by atoms with Crippen LogP contribution in [0.1, 0.15) is 19.3 Å². The van der Waals surface area contributed by atoms with E-state index in [1.807, 2.05) is 0 Å².